The summed E-state index contributed by atoms with van der Waals surface area (Å²) in [5, 5.41) is 6.89. The molecule has 4 aromatic rings. The molecule has 0 bridgehead atoms. The van der Waals surface area contributed by atoms with E-state index in [2.05, 4.69) is 81.7 Å². The van der Waals surface area contributed by atoms with Gasteiger partial charge in [0.25, 0.3) is 0 Å². The number of aromatic nitrogens is 4. The van der Waals surface area contributed by atoms with Crippen molar-refractivity contribution in [1.82, 2.24) is 24.8 Å². The van der Waals surface area contributed by atoms with Crippen LogP contribution in [-0.4, -0.2) is 26.1 Å². The summed E-state index contributed by atoms with van der Waals surface area (Å²) in [5.41, 5.74) is 6.78. The molecule has 156 valence electrons. The largest absolute Gasteiger partial charge is 0.324 e. The number of aryl methyl sites for hydroxylation is 1. The maximum Gasteiger partial charge on any atom is 0.227 e. The first kappa shape index (κ1) is 19.5. The molecule has 0 radical (unpaired) electrons. The van der Waals surface area contributed by atoms with Gasteiger partial charge in [-0.1, -0.05) is 37.3 Å². The predicted octanol–water partition coefficient (Wildman–Crippen LogP) is 4.51. The minimum atomic E-state index is 0.199. The first-order chi connectivity index (χ1) is 15.2. The third-order valence-corrected chi connectivity index (χ3v) is 5.90. The molecule has 0 amide bonds. The summed E-state index contributed by atoms with van der Waals surface area (Å²) in [6.07, 6.45) is 4.70. The standard InChI is InChI=1S/C25H26N6/c1-17(19-6-4-3-5-7-19)24-22-16-26-13-12-23(22)29-25(30-24)28-20-8-10-21(11-9-20)31-15-14-27-18(31)2/h3-11,14-15,17,26H,12-13,16H2,1-2H3,(H,28,29,30). The van der Waals surface area contributed by atoms with E-state index in [0.29, 0.717) is 5.95 Å². The first-order valence-corrected chi connectivity index (χ1v) is 10.7. The van der Waals surface area contributed by atoms with Crippen molar-refractivity contribution < 1.29 is 0 Å². The molecule has 2 aromatic carbocycles. The van der Waals surface area contributed by atoms with Gasteiger partial charge in [0.1, 0.15) is 5.82 Å². The molecule has 0 saturated heterocycles. The highest BCUT2D eigenvalue weighted by Gasteiger charge is 2.22. The van der Waals surface area contributed by atoms with Gasteiger partial charge in [0.2, 0.25) is 5.95 Å². The molecule has 6 heteroatoms. The summed E-state index contributed by atoms with van der Waals surface area (Å²) in [5.74, 6) is 1.82. The fraction of sp³-hybridized carbons (Fsp3) is 0.240. The van der Waals surface area contributed by atoms with Gasteiger partial charge in [0.05, 0.1) is 11.4 Å². The Kier molecular flexibility index (Phi) is 5.22. The molecule has 3 heterocycles. The van der Waals surface area contributed by atoms with Crippen LogP contribution in [0.2, 0.25) is 0 Å². The Hall–Kier alpha value is -3.51. The van der Waals surface area contributed by atoms with Gasteiger partial charge in [0, 0.05) is 54.8 Å². The smallest absolute Gasteiger partial charge is 0.227 e. The zero-order valence-electron chi connectivity index (χ0n) is 17.8. The van der Waals surface area contributed by atoms with E-state index in [1.54, 1.807) is 0 Å². The Morgan fingerprint density at radius 1 is 1.03 bits per heavy atom. The molecule has 6 nitrogen and oxygen atoms in total. The Balaban J connectivity index is 1.46. The summed E-state index contributed by atoms with van der Waals surface area (Å²) in [4.78, 5) is 14.1. The van der Waals surface area contributed by atoms with Crippen LogP contribution < -0.4 is 10.6 Å². The highest BCUT2D eigenvalue weighted by molar-refractivity contribution is 5.57. The van der Waals surface area contributed by atoms with Gasteiger partial charge in [-0.3, -0.25) is 0 Å². The molecular formula is C25H26N6. The van der Waals surface area contributed by atoms with Crippen molar-refractivity contribution in [3.8, 4) is 5.69 Å². The Bertz CT molecular complexity index is 1180. The van der Waals surface area contributed by atoms with Crippen LogP contribution >= 0.6 is 0 Å². The molecule has 2 aromatic heterocycles. The van der Waals surface area contributed by atoms with E-state index in [0.717, 1.165) is 48.1 Å². The minimum Gasteiger partial charge on any atom is -0.324 e. The fourth-order valence-corrected chi connectivity index (χ4v) is 4.17. The Morgan fingerprint density at radius 2 is 1.84 bits per heavy atom. The maximum atomic E-state index is 4.97. The molecular weight excluding hydrogens is 384 g/mol. The Morgan fingerprint density at radius 3 is 2.58 bits per heavy atom. The van der Waals surface area contributed by atoms with Crippen molar-refractivity contribution in [2.75, 3.05) is 11.9 Å². The van der Waals surface area contributed by atoms with Crippen molar-refractivity contribution in [2.45, 2.75) is 32.7 Å². The number of anilines is 2. The van der Waals surface area contributed by atoms with Gasteiger partial charge in [-0.2, -0.15) is 0 Å². The maximum absolute atomic E-state index is 4.97. The lowest BCUT2D eigenvalue weighted by Gasteiger charge is -2.23. The van der Waals surface area contributed by atoms with Crippen LogP contribution in [0.15, 0.2) is 67.0 Å². The number of nitrogens with zero attached hydrogens (tertiary/aromatic N) is 4. The fourth-order valence-electron chi connectivity index (χ4n) is 4.17. The first-order valence-electron chi connectivity index (χ1n) is 10.7. The highest BCUT2D eigenvalue weighted by atomic mass is 15.1. The van der Waals surface area contributed by atoms with E-state index >= 15 is 0 Å². The van der Waals surface area contributed by atoms with Crippen LogP contribution in [0.4, 0.5) is 11.6 Å². The third-order valence-electron chi connectivity index (χ3n) is 5.90. The Labute approximate surface area is 182 Å². The molecule has 0 aliphatic carbocycles. The van der Waals surface area contributed by atoms with E-state index in [9.17, 15) is 0 Å². The summed E-state index contributed by atoms with van der Waals surface area (Å²) in [7, 11) is 0. The summed E-state index contributed by atoms with van der Waals surface area (Å²) < 4.78 is 2.06. The predicted molar refractivity (Wildman–Crippen MR) is 123 cm³/mol. The van der Waals surface area contributed by atoms with Crippen LogP contribution in [0.25, 0.3) is 5.69 Å². The number of nitrogens with one attached hydrogen (secondary N) is 2. The van der Waals surface area contributed by atoms with Crippen molar-refractivity contribution >= 4 is 11.6 Å². The van der Waals surface area contributed by atoms with Gasteiger partial charge in [-0.05, 0) is 36.8 Å². The van der Waals surface area contributed by atoms with E-state index in [1.807, 2.05) is 19.3 Å². The lowest BCUT2D eigenvalue weighted by atomic mass is 9.92. The summed E-state index contributed by atoms with van der Waals surface area (Å²) >= 11 is 0. The zero-order chi connectivity index (χ0) is 21.2. The van der Waals surface area contributed by atoms with Crippen molar-refractivity contribution in [2.24, 2.45) is 0 Å². The topological polar surface area (TPSA) is 67.7 Å². The normalized spacial score (nSPS) is 14.1. The van der Waals surface area contributed by atoms with Gasteiger partial charge >= 0.3 is 0 Å². The summed E-state index contributed by atoms with van der Waals surface area (Å²) in [6, 6.07) is 18.8. The second-order valence-electron chi connectivity index (χ2n) is 7.93. The molecule has 31 heavy (non-hydrogen) atoms. The molecule has 1 aliphatic rings. The highest BCUT2D eigenvalue weighted by Crippen LogP contribution is 2.30. The third kappa shape index (κ3) is 3.94. The van der Waals surface area contributed by atoms with Crippen LogP contribution in [0.5, 0.6) is 0 Å². The number of fused-ring (bicyclic) bond motifs is 1. The second-order valence-corrected chi connectivity index (χ2v) is 7.93. The molecule has 2 N–H and O–H groups in total. The number of benzene rings is 2. The van der Waals surface area contributed by atoms with Gasteiger partial charge in [-0.15, -0.1) is 0 Å². The lowest BCUT2D eigenvalue weighted by Crippen LogP contribution is -2.27. The summed E-state index contributed by atoms with van der Waals surface area (Å²) in [6.45, 7) is 5.98. The number of imidazole rings is 1. The van der Waals surface area contributed by atoms with E-state index in [1.165, 1.54) is 11.1 Å². The molecule has 5 rings (SSSR count). The van der Waals surface area contributed by atoms with Crippen LogP contribution in [0.1, 0.15) is 41.2 Å². The van der Waals surface area contributed by atoms with E-state index in [4.69, 9.17) is 9.97 Å². The molecule has 0 saturated carbocycles. The van der Waals surface area contributed by atoms with Crippen LogP contribution in [0, 0.1) is 6.92 Å². The van der Waals surface area contributed by atoms with Crippen molar-refractivity contribution in [3.63, 3.8) is 0 Å². The molecule has 1 atom stereocenters. The number of hydrogen-bond acceptors (Lipinski definition) is 5. The SMILES string of the molecule is Cc1nccn1-c1ccc(Nc2nc3c(c(C(C)c4ccccc4)n2)CNCC3)cc1. The van der Waals surface area contributed by atoms with Crippen LogP contribution in [0.3, 0.4) is 0 Å². The van der Waals surface area contributed by atoms with Gasteiger partial charge in [0.15, 0.2) is 0 Å². The number of hydrogen-bond donors (Lipinski definition) is 2. The molecule has 0 fully saturated rings. The monoisotopic (exact) mass is 410 g/mol. The van der Waals surface area contributed by atoms with Crippen molar-refractivity contribution in [1.29, 1.82) is 0 Å². The van der Waals surface area contributed by atoms with Gasteiger partial charge < -0.3 is 15.2 Å². The molecule has 1 unspecified atom stereocenters. The van der Waals surface area contributed by atoms with Gasteiger partial charge in [-0.25, -0.2) is 15.0 Å². The average molecular weight is 411 g/mol. The van der Waals surface area contributed by atoms with Crippen molar-refractivity contribution in [3.05, 3.63) is 95.3 Å². The quantitative estimate of drug-likeness (QED) is 0.507. The van der Waals surface area contributed by atoms with Crippen LogP contribution in [-0.2, 0) is 13.0 Å². The average Bonchev–Trinajstić information content (AvgIpc) is 3.25. The number of rotatable bonds is 5. The second kappa shape index (κ2) is 8.32. The lowest BCUT2D eigenvalue weighted by molar-refractivity contribution is 0.613. The minimum absolute atomic E-state index is 0.199. The van der Waals surface area contributed by atoms with E-state index in [-0.39, 0.29) is 5.92 Å². The zero-order valence-corrected chi connectivity index (χ0v) is 17.8. The van der Waals surface area contributed by atoms with E-state index < -0.39 is 0 Å². The molecule has 1 aliphatic heterocycles. The molecule has 0 spiro atoms.